The SMILES string of the molecule is CCN(CC)CB(F)F. The van der Waals surface area contributed by atoms with Crippen LogP contribution in [0.2, 0.25) is 0 Å². The Labute approximate surface area is 55.2 Å². The number of hydrogen-bond donors (Lipinski definition) is 0. The van der Waals surface area contributed by atoms with Crippen molar-refractivity contribution < 1.29 is 8.63 Å². The van der Waals surface area contributed by atoms with Crippen LogP contribution in [0.4, 0.5) is 8.63 Å². The zero-order valence-corrected chi connectivity index (χ0v) is 5.90. The molecule has 0 aromatic heterocycles. The molecule has 0 radical (unpaired) electrons. The quantitative estimate of drug-likeness (QED) is 0.525. The Morgan fingerprint density at radius 1 is 1.22 bits per heavy atom. The number of halogens is 2. The lowest BCUT2D eigenvalue weighted by Gasteiger charge is -2.14. The first-order valence-corrected chi connectivity index (χ1v) is 3.21. The molecule has 0 amide bonds. The van der Waals surface area contributed by atoms with Gasteiger partial charge in [0.05, 0.1) is 0 Å². The van der Waals surface area contributed by atoms with Crippen molar-refractivity contribution in [2.75, 3.05) is 19.5 Å². The van der Waals surface area contributed by atoms with Crippen LogP contribution in [0.25, 0.3) is 0 Å². The Balaban J connectivity index is 3.31. The highest BCUT2D eigenvalue weighted by Gasteiger charge is 2.14. The van der Waals surface area contributed by atoms with E-state index >= 15 is 0 Å². The summed E-state index contributed by atoms with van der Waals surface area (Å²) in [4.78, 5) is 1.70. The van der Waals surface area contributed by atoms with Gasteiger partial charge in [-0.15, -0.1) is 0 Å². The lowest BCUT2D eigenvalue weighted by Crippen LogP contribution is -2.30. The molecule has 0 aliphatic rings. The van der Waals surface area contributed by atoms with E-state index in [9.17, 15) is 8.63 Å². The van der Waals surface area contributed by atoms with Crippen molar-refractivity contribution in [1.29, 1.82) is 0 Å². The van der Waals surface area contributed by atoms with Crippen LogP contribution >= 0.6 is 0 Å². The maximum atomic E-state index is 11.6. The van der Waals surface area contributed by atoms with Crippen LogP contribution in [0.3, 0.4) is 0 Å². The van der Waals surface area contributed by atoms with Crippen molar-refractivity contribution in [2.45, 2.75) is 13.8 Å². The van der Waals surface area contributed by atoms with E-state index in [1.807, 2.05) is 13.8 Å². The Morgan fingerprint density at radius 2 is 1.67 bits per heavy atom. The zero-order chi connectivity index (χ0) is 7.28. The van der Waals surface area contributed by atoms with E-state index in [1.54, 1.807) is 4.90 Å². The van der Waals surface area contributed by atoms with Gasteiger partial charge in [0.15, 0.2) is 0 Å². The average Bonchev–Trinajstić information content (AvgIpc) is 1.82. The molecule has 0 atom stereocenters. The fourth-order valence-electron chi connectivity index (χ4n) is 0.677. The molecule has 0 aliphatic carbocycles. The van der Waals surface area contributed by atoms with E-state index in [4.69, 9.17) is 0 Å². The smallest absolute Gasteiger partial charge is 0.305 e. The monoisotopic (exact) mass is 135 g/mol. The van der Waals surface area contributed by atoms with Crippen molar-refractivity contribution in [2.24, 2.45) is 0 Å². The van der Waals surface area contributed by atoms with Crippen LogP contribution < -0.4 is 0 Å². The molecule has 0 saturated carbocycles. The third-order valence-corrected chi connectivity index (χ3v) is 1.29. The molecule has 0 aromatic carbocycles. The van der Waals surface area contributed by atoms with Gasteiger partial charge < -0.3 is 4.90 Å². The maximum absolute atomic E-state index is 11.6. The molecule has 0 N–H and O–H groups in total. The second-order valence-electron chi connectivity index (χ2n) is 1.88. The summed E-state index contributed by atoms with van der Waals surface area (Å²) in [5.41, 5.74) is 0. The fourth-order valence-corrected chi connectivity index (χ4v) is 0.677. The maximum Gasteiger partial charge on any atom is 0.551 e. The third-order valence-electron chi connectivity index (χ3n) is 1.29. The highest BCUT2D eigenvalue weighted by molar-refractivity contribution is 6.42. The van der Waals surface area contributed by atoms with Crippen LogP contribution in [0.1, 0.15) is 13.8 Å². The summed E-state index contributed by atoms with van der Waals surface area (Å²) in [5.74, 6) is 0. The molecule has 1 nitrogen and oxygen atoms in total. The lowest BCUT2D eigenvalue weighted by molar-refractivity contribution is 0.335. The van der Waals surface area contributed by atoms with E-state index in [2.05, 4.69) is 0 Å². The van der Waals surface area contributed by atoms with Crippen molar-refractivity contribution in [3.8, 4) is 0 Å². The van der Waals surface area contributed by atoms with E-state index in [-0.39, 0.29) is 6.44 Å². The van der Waals surface area contributed by atoms with Gasteiger partial charge in [-0.3, -0.25) is 8.63 Å². The van der Waals surface area contributed by atoms with Crippen molar-refractivity contribution in [3.63, 3.8) is 0 Å². The van der Waals surface area contributed by atoms with Gasteiger partial charge in [-0.2, -0.15) is 0 Å². The highest BCUT2D eigenvalue weighted by Crippen LogP contribution is 1.92. The second kappa shape index (κ2) is 4.73. The predicted octanol–water partition coefficient (Wildman–Crippen LogP) is 1.29. The fraction of sp³-hybridized carbons (Fsp3) is 1.00. The second-order valence-corrected chi connectivity index (χ2v) is 1.88. The zero-order valence-electron chi connectivity index (χ0n) is 5.90. The predicted molar refractivity (Wildman–Crippen MR) is 35.8 cm³/mol. The first kappa shape index (κ1) is 8.88. The molecule has 9 heavy (non-hydrogen) atoms. The highest BCUT2D eigenvalue weighted by atomic mass is 19.2. The summed E-state index contributed by atoms with van der Waals surface area (Å²) in [6, 6.07) is 0. The molecule has 0 rings (SSSR count). The molecule has 0 fully saturated rings. The Bertz CT molecular complexity index is 66.0. The number of rotatable bonds is 4. The van der Waals surface area contributed by atoms with Crippen molar-refractivity contribution in [1.82, 2.24) is 4.90 Å². The van der Waals surface area contributed by atoms with Crippen LogP contribution in [-0.2, 0) is 0 Å². The van der Waals surface area contributed by atoms with Crippen LogP contribution in [0.15, 0.2) is 0 Å². The van der Waals surface area contributed by atoms with E-state index in [0.717, 1.165) is 0 Å². The molecule has 0 spiro atoms. The van der Waals surface area contributed by atoms with Gasteiger partial charge in [0.25, 0.3) is 0 Å². The van der Waals surface area contributed by atoms with Gasteiger partial charge in [-0.1, -0.05) is 13.8 Å². The van der Waals surface area contributed by atoms with Gasteiger partial charge in [-0.25, -0.2) is 0 Å². The number of nitrogens with zero attached hydrogens (tertiary/aromatic N) is 1. The standard InChI is InChI=1S/C5H12BF2N/c1-3-9(4-2)5-6(7)8/h3-5H2,1-2H3. The van der Waals surface area contributed by atoms with Crippen molar-refractivity contribution in [3.05, 3.63) is 0 Å². The normalized spacial score (nSPS) is 10.3. The van der Waals surface area contributed by atoms with Crippen LogP contribution in [-0.4, -0.2) is 31.7 Å². The minimum Gasteiger partial charge on any atom is -0.305 e. The molecule has 0 aliphatic heterocycles. The molecular formula is C5H12BF2N. The van der Waals surface area contributed by atoms with Gasteiger partial charge in [0.2, 0.25) is 0 Å². The molecular weight excluding hydrogens is 123 g/mol. The Morgan fingerprint density at radius 3 is 1.78 bits per heavy atom. The minimum absolute atomic E-state index is 0.0903. The molecule has 0 heterocycles. The van der Waals surface area contributed by atoms with Gasteiger partial charge >= 0.3 is 7.27 Å². The first-order chi connectivity index (χ1) is 4.20. The first-order valence-electron chi connectivity index (χ1n) is 3.21. The summed E-state index contributed by atoms with van der Waals surface area (Å²) in [7, 11) is -2.19. The van der Waals surface area contributed by atoms with E-state index in [0.29, 0.717) is 13.1 Å². The molecule has 0 aromatic rings. The van der Waals surface area contributed by atoms with Gasteiger partial charge in [0, 0.05) is 6.44 Å². The molecule has 54 valence electrons. The molecule has 0 saturated heterocycles. The molecule has 0 bridgehead atoms. The number of hydrogen-bond acceptors (Lipinski definition) is 1. The lowest BCUT2D eigenvalue weighted by atomic mass is 9.99. The largest absolute Gasteiger partial charge is 0.551 e. The topological polar surface area (TPSA) is 3.24 Å². The summed E-state index contributed by atoms with van der Waals surface area (Å²) in [6.07, 6.45) is -0.0903. The van der Waals surface area contributed by atoms with Gasteiger partial charge in [0.1, 0.15) is 0 Å². The summed E-state index contributed by atoms with van der Waals surface area (Å²) < 4.78 is 23.2. The Hall–Kier alpha value is -0.115. The minimum atomic E-state index is -2.19. The van der Waals surface area contributed by atoms with Crippen molar-refractivity contribution >= 4 is 7.27 Å². The van der Waals surface area contributed by atoms with E-state index in [1.165, 1.54) is 0 Å². The van der Waals surface area contributed by atoms with Gasteiger partial charge in [-0.05, 0) is 13.1 Å². The summed E-state index contributed by atoms with van der Waals surface area (Å²) >= 11 is 0. The summed E-state index contributed by atoms with van der Waals surface area (Å²) in [5, 5.41) is 0. The Kier molecular flexibility index (Phi) is 4.67. The summed E-state index contributed by atoms with van der Waals surface area (Å²) in [6.45, 7) is 5.18. The third kappa shape index (κ3) is 4.39. The van der Waals surface area contributed by atoms with Crippen LogP contribution in [0.5, 0.6) is 0 Å². The molecule has 4 heteroatoms. The van der Waals surface area contributed by atoms with E-state index < -0.39 is 7.27 Å². The average molecular weight is 135 g/mol. The molecule has 0 unspecified atom stereocenters. The van der Waals surface area contributed by atoms with Crippen LogP contribution in [0, 0.1) is 0 Å².